The lowest BCUT2D eigenvalue weighted by molar-refractivity contribution is 0.346. The van der Waals surface area contributed by atoms with Gasteiger partial charge in [0.05, 0.1) is 5.69 Å². The fourth-order valence-corrected chi connectivity index (χ4v) is 9.60. The third-order valence-electron chi connectivity index (χ3n) is 12.5. The van der Waals surface area contributed by atoms with Crippen LogP contribution >= 0.6 is 0 Å². The van der Waals surface area contributed by atoms with Gasteiger partial charge in [-0.15, -0.1) is 0 Å². The minimum atomic E-state index is -0.0790. The zero-order valence-corrected chi connectivity index (χ0v) is 31.5. The van der Waals surface area contributed by atoms with Crippen molar-refractivity contribution < 1.29 is 0 Å². The van der Waals surface area contributed by atoms with Crippen LogP contribution in [0, 0.1) is 0 Å². The monoisotopic (exact) mass is 700 g/mol. The van der Waals surface area contributed by atoms with Crippen molar-refractivity contribution in [2.45, 2.75) is 63.2 Å². The van der Waals surface area contributed by atoms with Gasteiger partial charge in [0.25, 0.3) is 0 Å². The first-order valence-electron chi connectivity index (χ1n) is 19.8. The molecule has 1 saturated carbocycles. The fourth-order valence-electron chi connectivity index (χ4n) is 9.60. The number of hydrogen-bond acceptors (Lipinski definition) is 2. The van der Waals surface area contributed by atoms with E-state index in [-0.39, 0.29) is 10.8 Å². The molecule has 0 amide bonds. The van der Waals surface area contributed by atoms with Crippen molar-refractivity contribution >= 4 is 34.1 Å². The third kappa shape index (κ3) is 5.73. The Labute approximate surface area is 321 Å². The summed E-state index contributed by atoms with van der Waals surface area (Å²) in [6.45, 7) is 4.77. The summed E-state index contributed by atoms with van der Waals surface area (Å²) in [5.41, 5.74) is 15.4. The van der Waals surface area contributed by atoms with E-state index in [4.69, 9.17) is 0 Å². The maximum absolute atomic E-state index is 2.49. The lowest BCUT2D eigenvalue weighted by Gasteiger charge is -2.39. The van der Waals surface area contributed by atoms with Gasteiger partial charge in [-0.1, -0.05) is 148 Å². The number of nitrogens with zero attached hydrogens (tertiary/aromatic N) is 2. The molecule has 54 heavy (non-hydrogen) atoms. The minimum absolute atomic E-state index is 0.0202. The van der Waals surface area contributed by atoms with Gasteiger partial charge in [-0.25, -0.2) is 0 Å². The van der Waals surface area contributed by atoms with Crippen LogP contribution in [0.3, 0.4) is 0 Å². The molecule has 0 bridgehead atoms. The number of hydrogen-bond donors (Lipinski definition) is 0. The number of benzene rings is 7. The number of anilines is 6. The van der Waals surface area contributed by atoms with E-state index in [2.05, 4.69) is 206 Å². The first kappa shape index (κ1) is 33.9. The Morgan fingerprint density at radius 3 is 1.41 bits per heavy atom. The van der Waals surface area contributed by atoms with Crippen LogP contribution in [-0.2, 0) is 10.8 Å². The zero-order valence-electron chi connectivity index (χ0n) is 31.5. The summed E-state index contributed by atoms with van der Waals surface area (Å²) < 4.78 is 0. The maximum atomic E-state index is 2.49. The molecule has 7 aromatic rings. The van der Waals surface area contributed by atoms with Gasteiger partial charge in [-0.05, 0) is 119 Å². The molecule has 0 spiro atoms. The summed E-state index contributed by atoms with van der Waals surface area (Å²) in [5.74, 6) is 0. The van der Waals surface area contributed by atoms with Crippen molar-refractivity contribution in [3.05, 3.63) is 204 Å². The van der Waals surface area contributed by atoms with Crippen LogP contribution in [0.2, 0.25) is 0 Å². The van der Waals surface area contributed by atoms with E-state index in [9.17, 15) is 0 Å². The first-order valence-corrected chi connectivity index (χ1v) is 19.8. The molecule has 2 nitrogen and oxygen atoms in total. The van der Waals surface area contributed by atoms with Crippen molar-refractivity contribution in [2.24, 2.45) is 0 Å². The highest BCUT2D eigenvalue weighted by atomic mass is 15.1. The van der Waals surface area contributed by atoms with E-state index in [1.807, 2.05) is 0 Å². The molecule has 266 valence electrons. The van der Waals surface area contributed by atoms with Crippen LogP contribution in [0.4, 0.5) is 34.1 Å². The smallest absolute Gasteiger partial charge is 0.0508 e. The topological polar surface area (TPSA) is 6.48 Å². The molecule has 7 aromatic carbocycles. The molecular weight excluding hydrogens is 653 g/mol. The van der Waals surface area contributed by atoms with E-state index in [1.165, 1.54) is 75.4 Å². The average molecular weight is 701 g/mol. The molecule has 2 aliphatic rings. The van der Waals surface area contributed by atoms with Crippen LogP contribution < -0.4 is 9.80 Å². The van der Waals surface area contributed by atoms with E-state index >= 15 is 0 Å². The van der Waals surface area contributed by atoms with Crippen LogP contribution in [-0.4, -0.2) is 0 Å². The quantitative estimate of drug-likeness (QED) is 0.148. The predicted molar refractivity (Wildman–Crippen MR) is 228 cm³/mol. The van der Waals surface area contributed by atoms with Gasteiger partial charge in [0.15, 0.2) is 0 Å². The molecule has 1 fully saturated rings. The Morgan fingerprint density at radius 1 is 0.426 bits per heavy atom. The minimum Gasteiger partial charge on any atom is -0.311 e. The van der Waals surface area contributed by atoms with Gasteiger partial charge < -0.3 is 9.80 Å². The Hall–Kier alpha value is -5.86. The number of fused-ring (bicyclic) bond motifs is 3. The van der Waals surface area contributed by atoms with Crippen LogP contribution in [0.1, 0.15) is 74.6 Å². The Bertz CT molecular complexity index is 2300. The lowest BCUT2D eigenvalue weighted by atomic mass is 9.65. The second kappa shape index (κ2) is 14.2. The summed E-state index contributed by atoms with van der Waals surface area (Å²) in [4.78, 5) is 4.85. The van der Waals surface area contributed by atoms with Gasteiger partial charge in [0.2, 0.25) is 0 Å². The summed E-state index contributed by atoms with van der Waals surface area (Å²) in [6.07, 6.45) is 7.14. The molecule has 9 rings (SSSR count). The van der Waals surface area contributed by atoms with E-state index in [0.717, 1.165) is 30.6 Å². The summed E-state index contributed by atoms with van der Waals surface area (Å²) in [6, 6.07) is 67.3. The molecule has 2 aliphatic carbocycles. The van der Waals surface area contributed by atoms with Gasteiger partial charge >= 0.3 is 0 Å². The summed E-state index contributed by atoms with van der Waals surface area (Å²) in [5, 5.41) is 0. The van der Waals surface area contributed by atoms with Crippen LogP contribution in [0.25, 0.3) is 11.1 Å². The Balaban J connectivity index is 1.12. The normalized spacial score (nSPS) is 17.0. The van der Waals surface area contributed by atoms with Crippen molar-refractivity contribution in [3.63, 3.8) is 0 Å². The molecule has 1 unspecified atom stereocenters. The van der Waals surface area contributed by atoms with Gasteiger partial charge in [-0.2, -0.15) is 0 Å². The largest absolute Gasteiger partial charge is 0.311 e. The Kier molecular flexibility index (Phi) is 8.91. The molecule has 2 heteroatoms. The first-order chi connectivity index (χ1) is 26.6. The highest BCUT2D eigenvalue weighted by molar-refractivity contribution is 5.90. The van der Waals surface area contributed by atoms with Crippen molar-refractivity contribution in [3.8, 4) is 11.1 Å². The molecule has 1 atom stereocenters. The van der Waals surface area contributed by atoms with Crippen LogP contribution in [0.5, 0.6) is 0 Å². The van der Waals surface area contributed by atoms with Gasteiger partial charge in [0.1, 0.15) is 0 Å². The van der Waals surface area contributed by atoms with Crippen molar-refractivity contribution in [1.82, 2.24) is 0 Å². The number of rotatable bonds is 9. The van der Waals surface area contributed by atoms with Gasteiger partial charge in [0, 0.05) is 39.3 Å². The van der Waals surface area contributed by atoms with Crippen LogP contribution in [0.15, 0.2) is 182 Å². The molecule has 0 N–H and O–H groups in total. The van der Waals surface area contributed by atoms with E-state index in [0.29, 0.717) is 0 Å². The standard InChI is InChI=1S/C52H48N2/c1-3-51(2)48-27-15-14-25-46(48)47-26-18-28-49(50(47)51)54(43-23-12-6-13-24-43)45-35-31-40(32-36-45)52(37-16-7-17-38-52)39-29-33-44(34-30-39)53(41-19-8-4-9-20-41)42-21-10-5-11-22-42/h4-6,8-15,18-36H,3,7,16-17,37-38H2,1-2H3. The molecule has 0 heterocycles. The van der Waals surface area contributed by atoms with E-state index < -0.39 is 0 Å². The lowest BCUT2D eigenvalue weighted by Crippen LogP contribution is -2.30. The average Bonchev–Trinajstić information content (AvgIpc) is 3.51. The maximum Gasteiger partial charge on any atom is 0.0508 e. The second-order valence-electron chi connectivity index (χ2n) is 15.3. The predicted octanol–water partition coefficient (Wildman–Crippen LogP) is 14.6. The second-order valence-corrected chi connectivity index (χ2v) is 15.3. The molecule has 0 saturated heterocycles. The van der Waals surface area contributed by atoms with Gasteiger partial charge in [-0.3, -0.25) is 0 Å². The SMILES string of the molecule is CCC1(C)c2ccccc2-c2cccc(N(c3ccccc3)c3ccc(C4(c5ccc(N(c6ccccc6)c6ccccc6)cc5)CCCCC4)cc3)c21. The molecule has 0 aliphatic heterocycles. The highest BCUT2D eigenvalue weighted by Gasteiger charge is 2.41. The summed E-state index contributed by atoms with van der Waals surface area (Å²) in [7, 11) is 0. The summed E-state index contributed by atoms with van der Waals surface area (Å²) >= 11 is 0. The van der Waals surface area contributed by atoms with Crippen molar-refractivity contribution in [2.75, 3.05) is 9.80 Å². The van der Waals surface area contributed by atoms with Crippen molar-refractivity contribution in [1.29, 1.82) is 0 Å². The third-order valence-corrected chi connectivity index (χ3v) is 12.5. The molecular formula is C52H48N2. The number of para-hydroxylation sites is 3. The fraction of sp³-hybridized carbons (Fsp3) is 0.192. The van der Waals surface area contributed by atoms with E-state index in [1.54, 1.807) is 0 Å². The zero-order chi connectivity index (χ0) is 36.5. The molecule has 0 aromatic heterocycles. The molecule has 0 radical (unpaired) electrons. The Morgan fingerprint density at radius 2 is 0.870 bits per heavy atom. The highest BCUT2D eigenvalue weighted by Crippen LogP contribution is 2.56.